The summed E-state index contributed by atoms with van der Waals surface area (Å²) in [5.74, 6) is 0. The van der Waals surface area contributed by atoms with E-state index in [2.05, 4.69) is 10.1 Å². The van der Waals surface area contributed by atoms with Gasteiger partial charge in [0, 0.05) is 17.8 Å². The smallest absolute Gasteiger partial charge is 0.227 e. The molecule has 0 amide bonds. The Morgan fingerprint density at radius 1 is 1.36 bits per heavy atom. The molecule has 0 N–H and O–H groups in total. The zero-order valence-corrected chi connectivity index (χ0v) is 7.51. The summed E-state index contributed by atoms with van der Waals surface area (Å²) in [4.78, 5) is 3.83. The molecule has 0 aliphatic heterocycles. The molecule has 7 heteroatoms. The minimum atomic E-state index is -4.40. The van der Waals surface area contributed by atoms with Crippen molar-refractivity contribution in [2.45, 2.75) is 6.18 Å². The Kier molecular flexibility index (Phi) is 2.03. The van der Waals surface area contributed by atoms with Crippen molar-refractivity contribution >= 4 is 11.3 Å². The van der Waals surface area contributed by atoms with Crippen LogP contribution in [0.3, 0.4) is 0 Å². The lowest BCUT2D eigenvalue weighted by molar-refractivity contribution is -0.141. The zero-order valence-electron chi connectivity index (χ0n) is 6.69. The SMILES string of the molecule is FC(F)(F)c1ccn(-c2nccs2)n1. The monoisotopic (exact) mass is 219 g/mol. The van der Waals surface area contributed by atoms with Gasteiger partial charge in [-0.25, -0.2) is 9.67 Å². The highest BCUT2D eigenvalue weighted by Gasteiger charge is 2.33. The third kappa shape index (κ3) is 1.63. The lowest BCUT2D eigenvalue weighted by Crippen LogP contribution is -2.07. The number of hydrogen-bond donors (Lipinski definition) is 0. The predicted octanol–water partition coefficient (Wildman–Crippen LogP) is 2.35. The van der Waals surface area contributed by atoms with Gasteiger partial charge < -0.3 is 0 Å². The fraction of sp³-hybridized carbons (Fsp3) is 0.143. The van der Waals surface area contributed by atoms with Gasteiger partial charge in [-0.05, 0) is 6.07 Å². The van der Waals surface area contributed by atoms with E-state index in [9.17, 15) is 13.2 Å². The summed E-state index contributed by atoms with van der Waals surface area (Å²) in [6.07, 6.45) is -1.65. The second-order valence-electron chi connectivity index (χ2n) is 2.46. The fourth-order valence-corrected chi connectivity index (χ4v) is 1.49. The summed E-state index contributed by atoms with van der Waals surface area (Å²) >= 11 is 1.22. The third-order valence-electron chi connectivity index (χ3n) is 1.49. The van der Waals surface area contributed by atoms with Gasteiger partial charge in [-0.1, -0.05) is 0 Å². The van der Waals surface area contributed by atoms with Crippen LogP contribution >= 0.6 is 11.3 Å². The second kappa shape index (κ2) is 3.09. The first-order valence-electron chi connectivity index (χ1n) is 3.60. The zero-order chi connectivity index (χ0) is 10.2. The van der Waals surface area contributed by atoms with Gasteiger partial charge in [-0.15, -0.1) is 11.3 Å². The largest absolute Gasteiger partial charge is 0.435 e. The molecule has 0 unspecified atom stereocenters. The van der Waals surface area contributed by atoms with E-state index in [4.69, 9.17) is 0 Å². The van der Waals surface area contributed by atoms with Crippen LogP contribution in [0.5, 0.6) is 0 Å². The molecule has 0 saturated heterocycles. The van der Waals surface area contributed by atoms with Crippen molar-refractivity contribution in [3.63, 3.8) is 0 Å². The van der Waals surface area contributed by atoms with Crippen molar-refractivity contribution < 1.29 is 13.2 Å². The van der Waals surface area contributed by atoms with E-state index in [-0.39, 0.29) is 0 Å². The highest BCUT2D eigenvalue weighted by molar-refractivity contribution is 7.12. The van der Waals surface area contributed by atoms with Crippen molar-refractivity contribution in [1.82, 2.24) is 14.8 Å². The summed E-state index contributed by atoms with van der Waals surface area (Å²) in [7, 11) is 0. The van der Waals surface area contributed by atoms with Crippen molar-refractivity contribution in [3.8, 4) is 5.13 Å². The van der Waals surface area contributed by atoms with Crippen molar-refractivity contribution in [1.29, 1.82) is 0 Å². The minimum Gasteiger partial charge on any atom is -0.227 e. The number of nitrogens with zero attached hydrogens (tertiary/aromatic N) is 3. The first kappa shape index (κ1) is 9.20. The molecular formula is C7H4F3N3S. The second-order valence-corrected chi connectivity index (χ2v) is 3.33. The van der Waals surface area contributed by atoms with E-state index in [1.165, 1.54) is 23.7 Å². The predicted molar refractivity (Wildman–Crippen MR) is 44.2 cm³/mol. The molecule has 0 radical (unpaired) electrons. The first-order valence-corrected chi connectivity index (χ1v) is 4.48. The molecule has 2 rings (SSSR count). The molecule has 2 aromatic rings. The molecule has 0 bridgehead atoms. The van der Waals surface area contributed by atoms with Crippen molar-refractivity contribution in [2.75, 3.05) is 0 Å². The number of alkyl halides is 3. The molecule has 3 nitrogen and oxygen atoms in total. The first-order chi connectivity index (χ1) is 6.57. The van der Waals surface area contributed by atoms with Crippen molar-refractivity contribution in [3.05, 3.63) is 29.5 Å². The Labute approximate surface area is 80.8 Å². The van der Waals surface area contributed by atoms with Gasteiger partial charge in [-0.2, -0.15) is 18.3 Å². The van der Waals surface area contributed by atoms with E-state index < -0.39 is 11.9 Å². The van der Waals surface area contributed by atoms with Crippen molar-refractivity contribution in [2.24, 2.45) is 0 Å². The molecule has 0 aliphatic carbocycles. The molecule has 0 saturated carbocycles. The lowest BCUT2D eigenvalue weighted by Gasteiger charge is -1.99. The number of rotatable bonds is 1. The Hall–Kier alpha value is -1.37. The van der Waals surface area contributed by atoms with Crippen LogP contribution in [0.15, 0.2) is 23.8 Å². The molecule has 0 aromatic carbocycles. The van der Waals surface area contributed by atoms with Gasteiger partial charge in [0.2, 0.25) is 5.13 Å². The summed E-state index contributed by atoms with van der Waals surface area (Å²) in [5.41, 5.74) is -0.910. The molecular weight excluding hydrogens is 215 g/mol. The molecule has 14 heavy (non-hydrogen) atoms. The lowest BCUT2D eigenvalue weighted by atomic mass is 10.4. The number of halogens is 3. The maximum Gasteiger partial charge on any atom is 0.435 e. The topological polar surface area (TPSA) is 30.7 Å². The Bertz CT molecular complexity index is 418. The Morgan fingerprint density at radius 3 is 2.64 bits per heavy atom. The van der Waals surface area contributed by atoms with Crippen LogP contribution in [0.4, 0.5) is 13.2 Å². The average molecular weight is 219 g/mol. The molecule has 0 fully saturated rings. The highest BCUT2D eigenvalue weighted by atomic mass is 32.1. The maximum absolute atomic E-state index is 12.2. The summed E-state index contributed by atoms with van der Waals surface area (Å²) in [6.45, 7) is 0. The van der Waals surface area contributed by atoms with Crippen LogP contribution in [-0.2, 0) is 6.18 Å². The van der Waals surface area contributed by atoms with Crippen LogP contribution in [0.1, 0.15) is 5.69 Å². The Morgan fingerprint density at radius 2 is 2.14 bits per heavy atom. The standard InChI is InChI=1S/C7H4F3N3S/c8-7(9,10)5-1-3-13(12-5)6-11-2-4-14-6/h1-4H. The van der Waals surface area contributed by atoms with E-state index >= 15 is 0 Å². The minimum absolute atomic E-state index is 0.417. The fourth-order valence-electron chi connectivity index (χ4n) is 0.911. The maximum atomic E-state index is 12.2. The summed E-state index contributed by atoms with van der Waals surface area (Å²) in [5, 5.41) is 5.45. The Balaban J connectivity index is 2.36. The van der Waals surface area contributed by atoms with Gasteiger partial charge in [-0.3, -0.25) is 0 Å². The third-order valence-corrected chi connectivity index (χ3v) is 2.26. The van der Waals surface area contributed by atoms with Gasteiger partial charge >= 0.3 is 6.18 Å². The van der Waals surface area contributed by atoms with E-state index in [0.717, 1.165) is 10.7 Å². The van der Waals surface area contributed by atoms with Crippen LogP contribution in [0, 0.1) is 0 Å². The van der Waals surface area contributed by atoms with Crippen LogP contribution in [0.25, 0.3) is 5.13 Å². The van der Waals surface area contributed by atoms with Crippen LogP contribution < -0.4 is 0 Å². The molecule has 2 heterocycles. The van der Waals surface area contributed by atoms with E-state index in [1.807, 2.05) is 0 Å². The van der Waals surface area contributed by atoms with Crippen LogP contribution in [0.2, 0.25) is 0 Å². The quantitative estimate of drug-likeness (QED) is 0.737. The number of aromatic nitrogens is 3. The van der Waals surface area contributed by atoms with E-state index in [0.29, 0.717) is 5.13 Å². The molecule has 0 aliphatic rings. The molecule has 2 aromatic heterocycles. The molecule has 0 atom stereocenters. The number of hydrogen-bond acceptors (Lipinski definition) is 3. The van der Waals surface area contributed by atoms with E-state index in [1.54, 1.807) is 5.38 Å². The van der Waals surface area contributed by atoms with Gasteiger partial charge in [0.15, 0.2) is 5.69 Å². The number of thiazole rings is 1. The highest BCUT2D eigenvalue weighted by Crippen LogP contribution is 2.27. The molecule has 74 valence electrons. The summed E-state index contributed by atoms with van der Waals surface area (Å²) in [6, 6.07) is 0.918. The average Bonchev–Trinajstić information content (AvgIpc) is 2.73. The van der Waals surface area contributed by atoms with Gasteiger partial charge in [0.05, 0.1) is 0 Å². The summed E-state index contributed by atoms with van der Waals surface area (Å²) < 4.78 is 37.6. The van der Waals surface area contributed by atoms with Gasteiger partial charge in [0.1, 0.15) is 0 Å². The molecule has 0 spiro atoms. The van der Waals surface area contributed by atoms with Crippen LogP contribution in [-0.4, -0.2) is 14.8 Å². The normalized spacial score (nSPS) is 11.9. The van der Waals surface area contributed by atoms with Gasteiger partial charge in [0.25, 0.3) is 0 Å².